The van der Waals surface area contributed by atoms with Crippen LogP contribution in [0.3, 0.4) is 0 Å². The first-order valence-corrected chi connectivity index (χ1v) is 3.32. The van der Waals surface area contributed by atoms with Gasteiger partial charge in [-0.2, -0.15) is 0 Å². The minimum absolute atomic E-state index is 0. The molecule has 11 heavy (non-hydrogen) atoms. The summed E-state index contributed by atoms with van der Waals surface area (Å²) < 4.78 is 0. The van der Waals surface area contributed by atoms with Crippen LogP contribution in [0.5, 0.6) is 0 Å². The van der Waals surface area contributed by atoms with Gasteiger partial charge in [0.1, 0.15) is 0 Å². The number of fused-ring (bicyclic) bond motifs is 1. The fraction of sp³-hybridized carbons (Fsp3) is 0. The van der Waals surface area contributed by atoms with Crippen LogP contribution in [0, 0.1) is 6.07 Å². The predicted molar refractivity (Wildman–Crippen MR) is 44.7 cm³/mol. The van der Waals surface area contributed by atoms with Crippen LogP contribution < -0.4 is 0 Å². The highest BCUT2D eigenvalue weighted by Gasteiger charge is 1.85. The molecule has 0 saturated carbocycles. The maximum Gasteiger partial charge on any atom is -0.00992 e. The van der Waals surface area contributed by atoms with Crippen molar-refractivity contribution in [2.75, 3.05) is 0 Å². The Balaban J connectivity index is 0.000000605. The second-order valence-corrected chi connectivity index (χ2v) is 2.26. The van der Waals surface area contributed by atoms with E-state index in [1.807, 2.05) is 24.3 Å². The molecule has 0 aliphatic rings. The number of rotatable bonds is 0. The number of hydrogen-bond acceptors (Lipinski definition) is 0. The van der Waals surface area contributed by atoms with Gasteiger partial charge in [-0.3, -0.25) is 5.48 Å². The molecule has 0 saturated heterocycles. The van der Waals surface area contributed by atoms with Crippen molar-refractivity contribution >= 4 is 10.8 Å². The fourth-order valence-corrected chi connectivity index (χ4v) is 1.06. The van der Waals surface area contributed by atoms with Crippen molar-refractivity contribution < 1.29 is 5.48 Å². The topological polar surface area (TPSA) is 30.0 Å². The Labute approximate surface area is 65.6 Å². The Morgan fingerprint density at radius 2 is 1.64 bits per heavy atom. The first kappa shape index (κ1) is 7.76. The molecule has 0 bridgehead atoms. The summed E-state index contributed by atoms with van der Waals surface area (Å²) in [6.07, 6.45) is 0. The van der Waals surface area contributed by atoms with Crippen molar-refractivity contribution in [2.24, 2.45) is 0 Å². The minimum Gasteiger partial charge on any atom is -0.255 e. The lowest BCUT2D eigenvalue weighted by atomic mass is 10.1. The van der Waals surface area contributed by atoms with Crippen molar-refractivity contribution in [3.05, 3.63) is 48.5 Å². The summed E-state index contributed by atoms with van der Waals surface area (Å²) in [6.45, 7) is 0. The summed E-state index contributed by atoms with van der Waals surface area (Å²) in [5, 5.41) is 2.44. The molecule has 2 radical (unpaired) electrons. The third kappa shape index (κ3) is 1.38. The molecule has 0 fully saturated rings. The molecule has 0 aliphatic heterocycles. The van der Waals surface area contributed by atoms with Crippen molar-refractivity contribution in [1.82, 2.24) is 0 Å². The molecule has 0 atom stereocenters. The van der Waals surface area contributed by atoms with Crippen LogP contribution in [0.25, 0.3) is 10.8 Å². The summed E-state index contributed by atoms with van der Waals surface area (Å²) in [7, 11) is 0. The van der Waals surface area contributed by atoms with Gasteiger partial charge in [-0.05, 0) is 16.8 Å². The van der Waals surface area contributed by atoms with Gasteiger partial charge in [0.15, 0.2) is 0 Å². The first-order valence-electron chi connectivity index (χ1n) is 3.32. The zero-order valence-electron chi connectivity index (χ0n) is 5.99. The van der Waals surface area contributed by atoms with Gasteiger partial charge in [-0.1, -0.05) is 42.5 Å². The highest BCUT2D eigenvalue weighted by molar-refractivity contribution is 5.81. The van der Waals surface area contributed by atoms with Gasteiger partial charge in [0.05, 0.1) is 0 Å². The van der Waals surface area contributed by atoms with Crippen molar-refractivity contribution in [3.8, 4) is 0 Å². The molecule has 1 nitrogen and oxygen atoms in total. The zero-order chi connectivity index (χ0) is 6.81. The summed E-state index contributed by atoms with van der Waals surface area (Å²) in [4.78, 5) is 0. The maximum atomic E-state index is 3.15. The van der Waals surface area contributed by atoms with Crippen molar-refractivity contribution in [1.29, 1.82) is 0 Å². The van der Waals surface area contributed by atoms with Crippen LogP contribution >= 0.6 is 0 Å². The Hall–Kier alpha value is -1.34. The molecule has 0 aromatic heterocycles. The lowest BCUT2D eigenvalue weighted by Gasteiger charge is -1.91. The van der Waals surface area contributed by atoms with E-state index in [9.17, 15) is 0 Å². The van der Waals surface area contributed by atoms with E-state index in [-0.39, 0.29) is 5.48 Å². The van der Waals surface area contributed by atoms with Gasteiger partial charge in [-0.15, -0.1) is 0 Å². The van der Waals surface area contributed by atoms with Crippen LogP contribution in [0.2, 0.25) is 0 Å². The molecule has 0 amide bonds. The molecule has 2 aromatic carbocycles. The lowest BCUT2D eigenvalue weighted by Crippen LogP contribution is -1.67. The third-order valence-corrected chi connectivity index (χ3v) is 1.57. The predicted octanol–water partition coefficient (Wildman–Crippen LogP) is 2.46. The van der Waals surface area contributed by atoms with Crippen LogP contribution in [0.1, 0.15) is 0 Å². The van der Waals surface area contributed by atoms with Crippen LogP contribution in [0.15, 0.2) is 42.5 Å². The minimum atomic E-state index is 0. The van der Waals surface area contributed by atoms with Crippen LogP contribution in [0.4, 0.5) is 0 Å². The molecule has 54 valence electrons. The monoisotopic (exact) mass is 144 g/mol. The molecule has 2 rings (SSSR count). The molecule has 2 aromatic rings. The quantitative estimate of drug-likeness (QED) is 0.588. The average molecular weight is 144 g/mol. The van der Waals surface area contributed by atoms with E-state index in [2.05, 4.69) is 24.3 Å². The molecule has 1 heteroatoms. The van der Waals surface area contributed by atoms with Crippen molar-refractivity contribution in [3.63, 3.8) is 0 Å². The Morgan fingerprint density at radius 3 is 2.45 bits per heavy atom. The molecular weight excluding hydrogens is 136 g/mol. The lowest BCUT2D eigenvalue weighted by molar-refractivity contribution is 0.824. The van der Waals surface area contributed by atoms with Crippen LogP contribution in [-0.4, -0.2) is 5.48 Å². The first-order chi connectivity index (χ1) is 4.97. The van der Waals surface area contributed by atoms with Gasteiger partial charge in [-0.25, -0.2) is 0 Å². The van der Waals surface area contributed by atoms with E-state index in [1.54, 1.807) is 0 Å². The highest BCUT2D eigenvalue weighted by atomic mass is 16.0. The average Bonchev–Trinajstić information content (AvgIpc) is 2.05. The van der Waals surface area contributed by atoms with E-state index in [0.29, 0.717) is 0 Å². The number of benzene rings is 2. The largest absolute Gasteiger partial charge is 0.255 e. The number of hydrogen-bond donors (Lipinski definition) is 1. The van der Waals surface area contributed by atoms with E-state index in [0.717, 1.165) is 0 Å². The summed E-state index contributed by atoms with van der Waals surface area (Å²) in [5.74, 6) is 0. The Morgan fingerprint density at radius 1 is 0.909 bits per heavy atom. The Bertz CT molecular complexity index is 276. The standard InChI is InChI=1S/C10H7.HO/c1-2-6-10-8-4-3-7-9(10)5-1;/h1-7H;1H. The molecule has 1 N–H and O–H groups in total. The molecular formula is C10H8O. The van der Waals surface area contributed by atoms with Gasteiger partial charge >= 0.3 is 0 Å². The second kappa shape index (κ2) is 3.17. The van der Waals surface area contributed by atoms with Gasteiger partial charge in [0, 0.05) is 0 Å². The Kier molecular flexibility index (Phi) is 2.24. The van der Waals surface area contributed by atoms with Gasteiger partial charge in [0.2, 0.25) is 0 Å². The zero-order valence-corrected chi connectivity index (χ0v) is 5.99. The summed E-state index contributed by atoms with van der Waals surface area (Å²) >= 11 is 0. The maximum absolute atomic E-state index is 3.15. The SMILES string of the molecule is [OH].[c]1cccc2ccccc12. The highest BCUT2D eigenvalue weighted by Crippen LogP contribution is 2.10. The van der Waals surface area contributed by atoms with E-state index >= 15 is 0 Å². The molecule has 0 spiro atoms. The van der Waals surface area contributed by atoms with Crippen molar-refractivity contribution in [2.45, 2.75) is 0 Å². The van der Waals surface area contributed by atoms with E-state index in [4.69, 9.17) is 0 Å². The van der Waals surface area contributed by atoms with Crippen LogP contribution in [-0.2, 0) is 0 Å². The van der Waals surface area contributed by atoms with E-state index < -0.39 is 0 Å². The molecule has 0 unspecified atom stereocenters. The molecule has 0 heterocycles. The summed E-state index contributed by atoms with van der Waals surface area (Å²) in [5.41, 5.74) is 0. The fourth-order valence-electron chi connectivity index (χ4n) is 1.06. The smallest absolute Gasteiger partial charge is 0.00992 e. The second-order valence-electron chi connectivity index (χ2n) is 2.26. The van der Waals surface area contributed by atoms with Gasteiger partial charge in [0.25, 0.3) is 0 Å². The normalized spacial score (nSPS) is 9.09. The van der Waals surface area contributed by atoms with E-state index in [1.165, 1.54) is 10.8 Å². The summed E-state index contributed by atoms with van der Waals surface area (Å²) in [6, 6.07) is 17.4. The van der Waals surface area contributed by atoms with Gasteiger partial charge < -0.3 is 0 Å². The molecule has 0 aliphatic carbocycles. The third-order valence-electron chi connectivity index (χ3n) is 1.57.